The van der Waals surface area contributed by atoms with Gasteiger partial charge in [-0.15, -0.1) is 11.3 Å². The summed E-state index contributed by atoms with van der Waals surface area (Å²) in [5.74, 6) is 1.64. The molecule has 0 spiro atoms. The standard InChI is InChI=1S/C26H25N3O7S/c1-4-34-26(31)36-21-12-28-24(27)22-16(14-37-23(21)22)13-35-20-10-15(8-9-19(20)33-3)25(30)29-17-6-5-7-18(11-17)32-2/h5-12,14H,4,13H2,1-3H3,(H2,27,28)(H,29,30). The van der Waals surface area contributed by atoms with E-state index in [-0.39, 0.29) is 30.7 Å². The SMILES string of the molecule is CCOC(=O)Oc1cnc(N)c2c(COc3cc(C(=O)Nc4cccc(OC)c4)ccc3OC)csc12. The third-order valence-electron chi connectivity index (χ3n) is 5.26. The fourth-order valence-corrected chi connectivity index (χ4v) is 4.52. The first-order chi connectivity index (χ1) is 17.9. The van der Waals surface area contributed by atoms with Crippen LogP contribution in [0, 0.1) is 0 Å². The van der Waals surface area contributed by atoms with Crippen LogP contribution >= 0.6 is 11.3 Å². The molecule has 4 rings (SSSR count). The molecular formula is C26H25N3O7S. The van der Waals surface area contributed by atoms with Crippen LogP contribution in [0.1, 0.15) is 22.8 Å². The molecule has 3 N–H and O–H groups in total. The Kier molecular flexibility index (Phi) is 7.94. The minimum absolute atomic E-state index is 0.103. The summed E-state index contributed by atoms with van der Waals surface area (Å²) in [5.41, 5.74) is 7.82. The number of amides is 1. The van der Waals surface area contributed by atoms with E-state index >= 15 is 0 Å². The number of aromatic nitrogens is 1. The second-order valence-corrected chi connectivity index (χ2v) is 8.48. The number of benzene rings is 2. The van der Waals surface area contributed by atoms with Crippen molar-refractivity contribution in [2.45, 2.75) is 13.5 Å². The van der Waals surface area contributed by atoms with Crippen LogP contribution in [0.2, 0.25) is 0 Å². The zero-order valence-corrected chi connectivity index (χ0v) is 21.2. The molecular weight excluding hydrogens is 498 g/mol. The molecule has 1 amide bonds. The molecule has 37 heavy (non-hydrogen) atoms. The lowest BCUT2D eigenvalue weighted by molar-refractivity contribution is 0.102. The lowest BCUT2D eigenvalue weighted by Crippen LogP contribution is -2.12. The number of methoxy groups -OCH3 is 2. The Labute approximate surface area is 216 Å². The van der Waals surface area contributed by atoms with E-state index in [0.29, 0.717) is 38.6 Å². The van der Waals surface area contributed by atoms with Crippen molar-refractivity contribution in [2.24, 2.45) is 0 Å². The van der Waals surface area contributed by atoms with Crippen molar-refractivity contribution < 1.29 is 33.3 Å². The topological polar surface area (TPSA) is 131 Å². The number of ether oxygens (including phenoxy) is 5. The number of pyridine rings is 1. The molecule has 10 nitrogen and oxygen atoms in total. The van der Waals surface area contributed by atoms with Gasteiger partial charge in [0.25, 0.3) is 5.91 Å². The van der Waals surface area contributed by atoms with Crippen LogP contribution in [0.5, 0.6) is 23.0 Å². The largest absolute Gasteiger partial charge is 0.513 e. The van der Waals surface area contributed by atoms with Crippen LogP contribution in [0.15, 0.2) is 54.0 Å². The first kappa shape index (κ1) is 25.6. The molecule has 0 saturated heterocycles. The molecule has 0 fully saturated rings. The lowest BCUT2D eigenvalue weighted by Gasteiger charge is -2.13. The van der Waals surface area contributed by atoms with Crippen LogP contribution in [0.4, 0.5) is 16.3 Å². The van der Waals surface area contributed by atoms with Crippen LogP contribution in [0.25, 0.3) is 10.1 Å². The minimum atomic E-state index is -0.824. The molecule has 0 aliphatic heterocycles. The quantitative estimate of drug-likeness (QED) is 0.282. The van der Waals surface area contributed by atoms with Crippen molar-refractivity contribution in [1.29, 1.82) is 0 Å². The zero-order chi connectivity index (χ0) is 26.4. The van der Waals surface area contributed by atoms with Crippen molar-refractivity contribution in [3.05, 3.63) is 65.2 Å². The molecule has 2 aromatic heterocycles. The summed E-state index contributed by atoms with van der Waals surface area (Å²) < 4.78 is 27.4. The highest BCUT2D eigenvalue weighted by Crippen LogP contribution is 2.38. The summed E-state index contributed by atoms with van der Waals surface area (Å²) in [6.45, 7) is 1.98. The second-order valence-electron chi connectivity index (χ2n) is 7.60. The number of nitrogens with two attached hydrogens (primary N) is 1. The second kappa shape index (κ2) is 11.5. The first-order valence-electron chi connectivity index (χ1n) is 11.2. The number of hydrogen-bond acceptors (Lipinski definition) is 10. The van der Waals surface area contributed by atoms with Crippen molar-refractivity contribution in [3.63, 3.8) is 0 Å². The van der Waals surface area contributed by atoms with Gasteiger partial charge in [0.15, 0.2) is 17.2 Å². The number of thiophene rings is 1. The maximum Gasteiger partial charge on any atom is 0.513 e. The summed E-state index contributed by atoms with van der Waals surface area (Å²) >= 11 is 1.33. The molecule has 0 aliphatic carbocycles. The Hall–Kier alpha value is -4.51. The molecule has 192 valence electrons. The van der Waals surface area contributed by atoms with Crippen LogP contribution < -0.4 is 30.0 Å². The molecule has 2 aromatic carbocycles. The predicted octanol–water partition coefficient (Wildman–Crippen LogP) is 5.26. The highest BCUT2D eigenvalue weighted by molar-refractivity contribution is 7.17. The normalized spacial score (nSPS) is 10.6. The van der Waals surface area contributed by atoms with Crippen molar-refractivity contribution in [2.75, 3.05) is 31.9 Å². The Bertz CT molecular complexity index is 1440. The Morgan fingerprint density at radius 3 is 2.65 bits per heavy atom. The number of nitrogens with one attached hydrogen (secondary N) is 1. The summed E-state index contributed by atoms with van der Waals surface area (Å²) in [7, 11) is 3.07. The number of rotatable bonds is 9. The monoisotopic (exact) mass is 523 g/mol. The molecule has 4 aromatic rings. The zero-order valence-electron chi connectivity index (χ0n) is 20.4. The lowest BCUT2D eigenvalue weighted by atomic mass is 10.1. The maximum atomic E-state index is 12.9. The highest BCUT2D eigenvalue weighted by Gasteiger charge is 2.18. The Balaban J connectivity index is 1.55. The molecule has 0 radical (unpaired) electrons. The average molecular weight is 524 g/mol. The van der Waals surface area contributed by atoms with Gasteiger partial charge in [0.1, 0.15) is 18.2 Å². The number of anilines is 2. The van der Waals surface area contributed by atoms with E-state index in [4.69, 9.17) is 29.4 Å². The predicted molar refractivity (Wildman–Crippen MR) is 140 cm³/mol. The Morgan fingerprint density at radius 2 is 1.89 bits per heavy atom. The number of hydrogen-bond donors (Lipinski definition) is 2. The van der Waals surface area contributed by atoms with Gasteiger partial charge in [-0.05, 0) is 42.6 Å². The van der Waals surface area contributed by atoms with E-state index in [1.54, 1.807) is 56.5 Å². The van der Waals surface area contributed by atoms with Gasteiger partial charge in [0, 0.05) is 28.3 Å². The smallest absolute Gasteiger partial charge is 0.497 e. The van der Waals surface area contributed by atoms with Gasteiger partial charge >= 0.3 is 6.16 Å². The van der Waals surface area contributed by atoms with Gasteiger partial charge in [0.05, 0.1) is 31.7 Å². The van der Waals surface area contributed by atoms with Crippen LogP contribution in [0.3, 0.4) is 0 Å². The number of carbonyl (C=O) groups excluding carboxylic acids is 2. The first-order valence-corrected chi connectivity index (χ1v) is 12.1. The minimum Gasteiger partial charge on any atom is -0.497 e. The number of nitrogens with zero attached hydrogens (tertiary/aromatic N) is 1. The number of carbonyl (C=O) groups is 2. The molecule has 0 atom stereocenters. The summed E-state index contributed by atoms with van der Waals surface area (Å²) in [4.78, 5) is 28.8. The van der Waals surface area contributed by atoms with E-state index in [2.05, 4.69) is 10.3 Å². The number of nitrogen functional groups attached to an aromatic ring is 1. The van der Waals surface area contributed by atoms with Gasteiger partial charge in [-0.2, -0.15) is 0 Å². The van der Waals surface area contributed by atoms with E-state index < -0.39 is 6.16 Å². The van der Waals surface area contributed by atoms with Gasteiger partial charge < -0.3 is 34.7 Å². The fraction of sp³-hybridized carbons (Fsp3) is 0.192. The van der Waals surface area contributed by atoms with E-state index in [9.17, 15) is 9.59 Å². The van der Waals surface area contributed by atoms with Crippen LogP contribution in [-0.4, -0.2) is 37.9 Å². The molecule has 0 bridgehead atoms. The summed E-state index contributed by atoms with van der Waals surface area (Å²) in [6.07, 6.45) is 0.554. The Morgan fingerprint density at radius 1 is 1.05 bits per heavy atom. The fourth-order valence-electron chi connectivity index (χ4n) is 3.51. The molecule has 2 heterocycles. The molecule has 0 saturated carbocycles. The van der Waals surface area contributed by atoms with Gasteiger partial charge in [-0.25, -0.2) is 9.78 Å². The van der Waals surface area contributed by atoms with Gasteiger partial charge in [0.2, 0.25) is 0 Å². The average Bonchev–Trinajstić information content (AvgIpc) is 3.34. The molecule has 0 aliphatic rings. The van der Waals surface area contributed by atoms with Crippen molar-refractivity contribution >= 4 is 45.0 Å². The molecule has 11 heteroatoms. The van der Waals surface area contributed by atoms with E-state index in [0.717, 1.165) is 5.56 Å². The van der Waals surface area contributed by atoms with E-state index in [1.807, 2.05) is 5.38 Å². The van der Waals surface area contributed by atoms with Crippen molar-refractivity contribution in [3.8, 4) is 23.0 Å². The van der Waals surface area contributed by atoms with Gasteiger partial charge in [-0.1, -0.05) is 6.07 Å². The van der Waals surface area contributed by atoms with E-state index in [1.165, 1.54) is 24.6 Å². The third-order valence-corrected chi connectivity index (χ3v) is 6.30. The molecule has 0 unspecified atom stereocenters. The van der Waals surface area contributed by atoms with Crippen molar-refractivity contribution in [1.82, 2.24) is 4.98 Å². The summed E-state index contributed by atoms with van der Waals surface area (Å²) in [6, 6.07) is 12.0. The number of fused-ring (bicyclic) bond motifs is 1. The maximum absolute atomic E-state index is 12.9. The van der Waals surface area contributed by atoms with Crippen LogP contribution in [-0.2, 0) is 11.3 Å². The third kappa shape index (κ3) is 5.84. The highest BCUT2D eigenvalue weighted by atomic mass is 32.1. The summed E-state index contributed by atoms with van der Waals surface area (Å²) in [5, 5.41) is 5.29. The van der Waals surface area contributed by atoms with Gasteiger partial charge in [-0.3, -0.25) is 4.79 Å².